The van der Waals surface area contributed by atoms with Gasteiger partial charge in [-0.1, -0.05) is 13.2 Å². The Morgan fingerprint density at radius 2 is 1.50 bits per heavy atom. The Labute approximate surface area is 161 Å². The molecule has 2 aromatic rings. The van der Waals surface area contributed by atoms with E-state index in [1.165, 1.54) is 19.9 Å². The highest BCUT2D eigenvalue weighted by molar-refractivity contribution is 7.27. The number of ether oxygens (including phenoxy) is 2. The van der Waals surface area contributed by atoms with Crippen LogP contribution in [0.25, 0.3) is 11.1 Å². The molecular weight excluding hydrogens is 392 g/mol. The van der Waals surface area contributed by atoms with Gasteiger partial charge < -0.3 is 9.47 Å². The van der Waals surface area contributed by atoms with Crippen LogP contribution in [0, 0.1) is 17.5 Å². The minimum absolute atomic E-state index is 0.00759. The Kier molecular flexibility index (Phi) is 6.41. The first-order chi connectivity index (χ1) is 13.0. The van der Waals surface area contributed by atoms with Gasteiger partial charge in [-0.25, -0.2) is 18.4 Å². The Balaban J connectivity index is 2.44. The van der Waals surface area contributed by atoms with Gasteiger partial charge in [-0.05, 0) is 43.7 Å². The number of esters is 2. The van der Waals surface area contributed by atoms with Gasteiger partial charge >= 0.3 is 11.9 Å². The van der Waals surface area contributed by atoms with E-state index in [2.05, 4.69) is 22.4 Å². The number of benzene rings is 2. The van der Waals surface area contributed by atoms with Gasteiger partial charge in [0, 0.05) is 22.0 Å². The molecule has 0 saturated heterocycles. The molecule has 0 saturated carbocycles. The molecule has 146 valence electrons. The fourth-order valence-electron chi connectivity index (χ4n) is 2.08. The van der Waals surface area contributed by atoms with E-state index in [1.54, 1.807) is 0 Å². The molecular formula is C20H16F3O4P. The second kappa shape index (κ2) is 8.40. The molecule has 8 heteroatoms. The first kappa shape index (κ1) is 21.4. The number of hydrogen-bond acceptors (Lipinski definition) is 4. The van der Waals surface area contributed by atoms with Crippen LogP contribution in [0.3, 0.4) is 0 Å². The van der Waals surface area contributed by atoms with E-state index in [1.807, 2.05) is 0 Å². The molecule has 0 spiro atoms. The lowest BCUT2D eigenvalue weighted by Gasteiger charge is -2.13. The van der Waals surface area contributed by atoms with Crippen molar-refractivity contribution in [3.63, 3.8) is 0 Å². The molecule has 28 heavy (non-hydrogen) atoms. The van der Waals surface area contributed by atoms with E-state index in [-0.39, 0.29) is 33.3 Å². The van der Waals surface area contributed by atoms with Gasteiger partial charge in [-0.3, -0.25) is 0 Å². The summed E-state index contributed by atoms with van der Waals surface area (Å²) < 4.78 is 52.7. The van der Waals surface area contributed by atoms with Crippen LogP contribution in [0.5, 0.6) is 11.5 Å². The van der Waals surface area contributed by atoms with Crippen molar-refractivity contribution < 1.29 is 32.2 Å². The fraction of sp³-hybridized carbons (Fsp3) is 0.100. The first-order valence-electron chi connectivity index (χ1n) is 7.85. The second-order valence-corrected chi connectivity index (χ2v) is 6.58. The van der Waals surface area contributed by atoms with Crippen LogP contribution >= 0.6 is 9.24 Å². The van der Waals surface area contributed by atoms with E-state index in [9.17, 15) is 22.8 Å². The van der Waals surface area contributed by atoms with Crippen molar-refractivity contribution in [2.24, 2.45) is 0 Å². The molecule has 0 N–H and O–H groups in total. The third-order valence-electron chi connectivity index (χ3n) is 3.52. The molecule has 1 atom stereocenters. The van der Waals surface area contributed by atoms with Gasteiger partial charge in [0.05, 0.1) is 0 Å². The number of carbonyl (C=O) groups is 2. The van der Waals surface area contributed by atoms with E-state index in [0.717, 1.165) is 18.2 Å². The lowest BCUT2D eigenvalue weighted by molar-refractivity contribution is -0.131. The summed E-state index contributed by atoms with van der Waals surface area (Å²) in [4.78, 5) is 23.1. The van der Waals surface area contributed by atoms with Crippen molar-refractivity contribution in [2.45, 2.75) is 13.8 Å². The van der Waals surface area contributed by atoms with Gasteiger partial charge in [0.2, 0.25) is 5.82 Å². The van der Waals surface area contributed by atoms with Crippen molar-refractivity contribution in [3.05, 3.63) is 66.0 Å². The molecule has 0 fully saturated rings. The third kappa shape index (κ3) is 4.49. The highest BCUT2D eigenvalue weighted by atomic mass is 31.0. The van der Waals surface area contributed by atoms with Crippen molar-refractivity contribution in [1.29, 1.82) is 0 Å². The second-order valence-electron chi connectivity index (χ2n) is 5.96. The SMILES string of the molecule is C=C(C)C(=O)Oc1ccc(-c2cc(F)c(OC(=O)C(=C)C)c(P)c2)c(F)c1F. The Hall–Kier alpha value is -2.92. The van der Waals surface area contributed by atoms with Crippen LogP contribution in [0.2, 0.25) is 0 Å². The maximum absolute atomic E-state index is 14.5. The molecule has 4 nitrogen and oxygen atoms in total. The molecule has 2 aromatic carbocycles. The zero-order chi connectivity index (χ0) is 21.2. The average molecular weight is 408 g/mol. The van der Waals surface area contributed by atoms with Gasteiger partial charge in [-0.15, -0.1) is 9.24 Å². The average Bonchev–Trinajstić information content (AvgIpc) is 2.61. The summed E-state index contributed by atoms with van der Waals surface area (Å²) >= 11 is 0. The normalized spacial score (nSPS) is 10.4. The summed E-state index contributed by atoms with van der Waals surface area (Å²) in [7, 11) is 2.15. The summed E-state index contributed by atoms with van der Waals surface area (Å²) in [5.41, 5.74) is -0.195. The largest absolute Gasteiger partial charge is 0.420 e. The summed E-state index contributed by atoms with van der Waals surface area (Å²) in [6, 6.07) is 4.38. The molecule has 1 unspecified atom stereocenters. The van der Waals surface area contributed by atoms with E-state index in [4.69, 9.17) is 9.47 Å². The lowest BCUT2D eigenvalue weighted by Crippen LogP contribution is -2.14. The maximum Gasteiger partial charge on any atom is 0.338 e. The minimum Gasteiger partial charge on any atom is -0.420 e. The highest BCUT2D eigenvalue weighted by Gasteiger charge is 2.21. The van der Waals surface area contributed by atoms with Gasteiger partial charge in [0.1, 0.15) is 0 Å². The van der Waals surface area contributed by atoms with Gasteiger partial charge in [0.15, 0.2) is 23.1 Å². The van der Waals surface area contributed by atoms with Crippen LogP contribution in [-0.4, -0.2) is 11.9 Å². The first-order valence-corrected chi connectivity index (χ1v) is 8.43. The fourth-order valence-corrected chi connectivity index (χ4v) is 2.45. The minimum atomic E-state index is -1.41. The number of carbonyl (C=O) groups excluding carboxylic acids is 2. The molecule has 0 aromatic heterocycles. The topological polar surface area (TPSA) is 52.6 Å². The Morgan fingerprint density at radius 1 is 0.929 bits per heavy atom. The van der Waals surface area contributed by atoms with Crippen LogP contribution in [-0.2, 0) is 9.59 Å². The zero-order valence-corrected chi connectivity index (χ0v) is 16.2. The number of halogens is 3. The number of rotatable bonds is 5. The maximum atomic E-state index is 14.5. The predicted octanol–water partition coefficient (Wildman–Crippen LogP) is 4.23. The summed E-state index contributed by atoms with van der Waals surface area (Å²) in [5.74, 6) is -6.40. The van der Waals surface area contributed by atoms with E-state index in [0.29, 0.717) is 0 Å². The van der Waals surface area contributed by atoms with Crippen LogP contribution in [0.1, 0.15) is 13.8 Å². The summed E-state index contributed by atoms with van der Waals surface area (Å²) in [6.07, 6.45) is 0. The van der Waals surface area contributed by atoms with Crippen molar-refractivity contribution in [3.8, 4) is 22.6 Å². The monoisotopic (exact) mass is 408 g/mol. The van der Waals surface area contributed by atoms with Crippen molar-refractivity contribution in [2.75, 3.05) is 0 Å². The molecule has 0 bridgehead atoms. The van der Waals surface area contributed by atoms with Crippen molar-refractivity contribution >= 4 is 26.5 Å². The summed E-state index contributed by atoms with van der Waals surface area (Å²) in [5, 5.41) is 0.113. The van der Waals surface area contributed by atoms with Gasteiger partial charge in [0.25, 0.3) is 0 Å². The smallest absolute Gasteiger partial charge is 0.338 e. The predicted molar refractivity (Wildman–Crippen MR) is 102 cm³/mol. The molecule has 0 heterocycles. The Bertz CT molecular complexity index is 992. The molecule has 0 aliphatic rings. The lowest BCUT2D eigenvalue weighted by atomic mass is 10.0. The molecule has 0 aliphatic carbocycles. The molecule has 0 aliphatic heterocycles. The highest BCUT2D eigenvalue weighted by Crippen LogP contribution is 2.32. The van der Waals surface area contributed by atoms with E-state index >= 15 is 0 Å². The summed E-state index contributed by atoms with van der Waals surface area (Å²) in [6.45, 7) is 9.51. The molecule has 0 radical (unpaired) electrons. The van der Waals surface area contributed by atoms with Gasteiger partial charge in [-0.2, -0.15) is 4.39 Å². The molecule has 2 rings (SSSR count). The van der Waals surface area contributed by atoms with Crippen molar-refractivity contribution in [1.82, 2.24) is 0 Å². The standard InChI is InChI=1S/C20H16F3O4P/c1-9(2)19(24)26-14-6-5-12(16(22)17(14)23)11-7-13(21)18(15(28)8-11)27-20(25)10(3)4/h5-8H,1,3,28H2,2,4H3. The Morgan fingerprint density at radius 3 is 2.04 bits per heavy atom. The van der Waals surface area contributed by atoms with Crippen LogP contribution in [0.4, 0.5) is 13.2 Å². The molecule has 0 amide bonds. The van der Waals surface area contributed by atoms with Crippen LogP contribution < -0.4 is 14.8 Å². The zero-order valence-electron chi connectivity index (χ0n) is 15.1. The quantitative estimate of drug-likeness (QED) is 0.322. The van der Waals surface area contributed by atoms with E-state index < -0.39 is 35.1 Å². The van der Waals surface area contributed by atoms with Crippen LogP contribution in [0.15, 0.2) is 48.6 Å². The third-order valence-corrected chi connectivity index (χ3v) is 3.95. The number of hydrogen-bond donors (Lipinski definition) is 0.